The van der Waals surface area contributed by atoms with Crippen molar-refractivity contribution in [3.8, 4) is 5.75 Å². The van der Waals surface area contributed by atoms with Gasteiger partial charge >= 0.3 is 0 Å². The van der Waals surface area contributed by atoms with E-state index >= 15 is 0 Å². The summed E-state index contributed by atoms with van der Waals surface area (Å²) in [7, 11) is -3.92. The molecule has 1 saturated heterocycles. The summed E-state index contributed by atoms with van der Waals surface area (Å²) in [5.41, 5.74) is 2.97. The number of nitrogens with one attached hydrogen (secondary N) is 1. The summed E-state index contributed by atoms with van der Waals surface area (Å²) in [5.74, 6) is 0.822. The van der Waals surface area contributed by atoms with E-state index in [9.17, 15) is 18.3 Å². The number of benzene rings is 2. The largest absolute Gasteiger partial charge is 0.490 e. The molecule has 11 heteroatoms. The van der Waals surface area contributed by atoms with Crippen molar-refractivity contribution in [3.05, 3.63) is 58.1 Å². The Balaban J connectivity index is 1.27. The van der Waals surface area contributed by atoms with Gasteiger partial charge in [-0.25, -0.2) is 13.1 Å². The molecule has 49 heavy (non-hydrogen) atoms. The minimum Gasteiger partial charge on any atom is -0.490 e. The van der Waals surface area contributed by atoms with Crippen molar-refractivity contribution in [1.82, 2.24) is 4.72 Å². The number of rotatable bonds is 2. The van der Waals surface area contributed by atoms with Crippen LogP contribution in [0.4, 0.5) is 5.69 Å². The first-order valence-electron chi connectivity index (χ1n) is 18.1. The van der Waals surface area contributed by atoms with Crippen molar-refractivity contribution in [3.63, 3.8) is 0 Å². The molecule has 0 radical (unpaired) electrons. The molecule has 2 fully saturated rings. The second-order valence-corrected chi connectivity index (χ2v) is 18.5. The number of sulfonamides is 1. The molecule has 5 aliphatic rings. The van der Waals surface area contributed by atoms with Crippen LogP contribution in [-0.2, 0) is 31.3 Å². The third-order valence-electron chi connectivity index (χ3n) is 12.4. The Kier molecular flexibility index (Phi) is 9.76. The zero-order valence-corrected chi connectivity index (χ0v) is 30.5. The summed E-state index contributed by atoms with van der Waals surface area (Å²) in [4.78, 5) is 16.0. The fourth-order valence-electron chi connectivity index (χ4n) is 8.97. The molecule has 2 bridgehead atoms. The Labute approximate surface area is 296 Å². The quantitative estimate of drug-likeness (QED) is 0.384. The van der Waals surface area contributed by atoms with Crippen molar-refractivity contribution >= 4 is 33.2 Å². The zero-order valence-electron chi connectivity index (χ0n) is 29.0. The Morgan fingerprint density at radius 2 is 1.80 bits per heavy atom. The third kappa shape index (κ3) is 6.85. The van der Waals surface area contributed by atoms with Crippen LogP contribution in [0.25, 0.3) is 0 Å². The molecule has 268 valence electrons. The second-order valence-electron chi connectivity index (χ2n) is 16.0. The topological polar surface area (TPSA) is 114 Å². The first-order valence-corrected chi connectivity index (χ1v) is 20.0. The van der Waals surface area contributed by atoms with E-state index < -0.39 is 26.6 Å². The number of carbonyl (C=O) groups excluding carboxylic acids is 1. The number of halogens is 1. The van der Waals surface area contributed by atoms with Gasteiger partial charge in [0.2, 0.25) is 10.0 Å². The minimum atomic E-state index is -3.92. The number of aryl methyl sites for hydroxylation is 1. The van der Waals surface area contributed by atoms with E-state index in [4.69, 9.17) is 25.8 Å². The van der Waals surface area contributed by atoms with Gasteiger partial charge in [0.25, 0.3) is 5.91 Å². The molecule has 1 saturated carbocycles. The van der Waals surface area contributed by atoms with Crippen LogP contribution in [0.2, 0.25) is 5.02 Å². The highest BCUT2D eigenvalue weighted by atomic mass is 35.5. The summed E-state index contributed by atoms with van der Waals surface area (Å²) in [6, 6.07) is 11.5. The summed E-state index contributed by atoms with van der Waals surface area (Å²) in [6.45, 7) is 8.51. The lowest BCUT2D eigenvalue weighted by Crippen LogP contribution is -2.52. The number of aliphatic hydroxyl groups excluding tert-OH is 1. The van der Waals surface area contributed by atoms with Crippen molar-refractivity contribution in [2.24, 2.45) is 29.1 Å². The molecule has 0 unspecified atom stereocenters. The first kappa shape index (κ1) is 35.1. The van der Waals surface area contributed by atoms with Crippen molar-refractivity contribution in [2.75, 3.05) is 44.4 Å². The number of hydrogen-bond acceptors (Lipinski definition) is 8. The maximum absolute atomic E-state index is 13.5. The van der Waals surface area contributed by atoms with Crippen LogP contribution in [0.1, 0.15) is 87.2 Å². The van der Waals surface area contributed by atoms with Gasteiger partial charge in [0.1, 0.15) is 5.75 Å². The molecule has 7 rings (SSSR count). The summed E-state index contributed by atoms with van der Waals surface area (Å²) in [5, 5.41) is 9.95. The molecule has 2 aliphatic carbocycles. The number of carbonyl (C=O) groups is 1. The zero-order chi connectivity index (χ0) is 34.6. The van der Waals surface area contributed by atoms with E-state index in [1.54, 1.807) is 13.0 Å². The van der Waals surface area contributed by atoms with Gasteiger partial charge in [-0.3, -0.25) is 4.79 Å². The number of aliphatic hydroxyl groups is 1. The molecule has 1 spiro atoms. The molecule has 6 atom stereocenters. The number of ether oxygens (including phenoxy) is 3. The second kappa shape index (κ2) is 13.6. The molecule has 2 N–H and O–H groups in total. The predicted molar refractivity (Wildman–Crippen MR) is 190 cm³/mol. The highest BCUT2D eigenvalue weighted by Crippen LogP contribution is 2.49. The number of hydrogen-bond donors (Lipinski definition) is 2. The molecule has 3 heterocycles. The standard InChI is InChI=1S/C38H51ClN2O7S/c1-24-6-4-8-31(36-47-21-37(3,20-42)22-48-36)30-12-9-28(30)18-41-19-38(15-5-7-26-16-29(39)11-13-32(26)38)23-46-34-14-10-27(17-33(34)41)35(43)40-49(44,45)25(24)2/h10-11,13-14,16-17,24-25,28,30-31,36,42H,4-9,12,15,18-23H2,1-3H3,(H,40,43)/t24-,25+,28-,30+,31+,36?,37?,38-/m0/s1. The van der Waals surface area contributed by atoms with E-state index in [0.29, 0.717) is 55.9 Å². The van der Waals surface area contributed by atoms with Crippen LogP contribution in [0, 0.1) is 29.1 Å². The molecule has 2 aromatic carbocycles. The fraction of sp³-hybridized carbons (Fsp3) is 0.658. The number of fused-ring (bicyclic) bond motifs is 4. The normalized spacial score (nSPS) is 36.3. The van der Waals surface area contributed by atoms with Gasteiger partial charge in [-0.15, -0.1) is 0 Å². The molecule has 2 aromatic rings. The minimum absolute atomic E-state index is 0.00632. The summed E-state index contributed by atoms with van der Waals surface area (Å²) in [6.07, 6.45) is 7.15. The molecule has 3 aliphatic heterocycles. The average molecular weight is 715 g/mol. The van der Waals surface area contributed by atoms with Gasteiger partial charge in [0.05, 0.1) is 37.4 Å². The lowest BCUT2D eigenvalue weighted by molar-refractivity contribution is -0.265. The van der Waals surface area contributed by atoms with Crippen molar-refractivity contribution in [1.29, 1.82) is 0 Å². The van der Waals surface area contributed by atoms with Gasteiger partial charge in [-0.1, -0.05) is 37.9 Å². The number of amides is 1. The van der Waals surface area contributed by atoms with E-state index in [0.717, 1.165) is 62.2 Å². The highest BCUT2D eigenvalue weighted by molar-refractivity contribution is 7.90. The molecule has 9 nitrogen and oxygen atoms in total. The number of nitrogens with zero attached hydrogens (tertiary/aromatic N) is 1. The molecular weight excluding hydrogens is 664 g/mol. The summed E-state index contributed by atoms with van der Waals surface area (Å²) >= 11 is 6.46. The fourth-order valence-corrected chi connectivity index (χ4v) is 10.5. The smallest absolute Gasteiger partial charge is 0.264 e. The molecule has 1 amide bonds. The van der Waals surface area contributed by atoms with Gasteiger partial charge < -0.3 is 24.2 Å². The van der Waals surface area contributed by atoms with Gasteiger partial charge in [0.15, 0.2) is 6.29 Å². The Morgan fingerprint density at radius 3 is 2.53 bits per heavy atom. The van der Waals surface area contributed by atoms with Crippen LogP contribution >= 0.6 is 11.6 Å². The van der Waals surface area contributed by atoms with Crippen molar-refractivity contribution in [2.45, 2.75) is 89.1 Å². The van der Waals surface area contributed by atoms with Crippen LogP contribution in [0.15, 0.2) is 36.4 Å². The van der Waals surface area contributed by atoms with E-state index in [1.165, 1.54) is 11.1 Å². The Bertz CT molecular complexity index is 1660. The maximum Gasteiger partial charge on any atom is 0.264 e. The Morgan fingerprint density at radius 1 is 1.00 bits per heavy atom. The highest BCUT2D eigenvalue weighted by Gasteiger charge is 2.47. The SMILES string of the molecule is C[C@@H]1[C@@H](C)CCC[C@@H](C2OCC(C)(CO)CO2)[C@@H]2CC[C@H]2CN2C[C@@]3(CCCc4cc(Cl)ccc43)COc3ccc(cc32)C(=O)NS1(=O)=O. The predicted octanol–water partition coefficient (Wildman–Crippen LogP) is 6.10. The maximum atomic E-state index is 13.5. The van der Waals surface area contributed by atoms with Crippen LogP contribution in [0.3, 0.4) is 0 Å². The number of anilines is 1. The van der Waals surface area contributed by atoms with Gasteiger partial charge in [-0.2, -0.15) is 0 Å². The monoisotopic (exact) mass is 714 g/mol. The van der Waals surface area contributed by atoms with Crippen molar-refractivity contribution < 1.29 is 32.5 Å². The Hall–Kier alpha value is -2.37. The van der Waals surface area contributed by atoms with E-state index in [1.807, 2.05) is 32.0 Å². The third-order valence-corrected chi connectivity index (χ3v) is 14.6. The van der Waals surface area contributed by atoms with E-state index in [2.05, 4.69) is 21.8 Å². The average Bonchev–Trinajstić information content (AvgIpc) is 3.22. The van der Waals surface area contributed by atoms with Crippen LogP contribution in [-0.4, -0.2) is 70.5 Å². The lowest BCUT2D eigenvalue weighted by Gasteiger charge is -2.49. The summed E-state index contributed by atoms with van der Waals surface area (Å²) < 4.78 is 48.7. The van der Waals surface area contributed by atoms with Gasteiger partial charge in [-0.05, 0) is 111 Å². The van der Waals surface area contributed by atoms with E-state index in [-0.39, 0.29) is 30.1 Å². The van der Waals surface area contributed by atoms with Gasteiger partial charge in [0, 0.05) is 40.4 Å². The van der Waals surface area contributed by atoms with Crippen LogP contribution < -0.4 is 14.4 Å². The van der Waals surface area contributed by atoms with Crippen LogP contribution in [0.5, 0.6) is 5.75 Å². The molecular formula is C38H51ClN2O7S. The first-order chi connectivity index (χ1) is 23.4. The molecule has 0 aromatic heterocycles. The lowest BCUT2D eigenvalue weighted by atomic mass is 9.64.